The van der Waals surface area contributed by atoms with E-state index >= 15 is 0 Å². The summed E-state index contributed by atoms with van der Waals surface area (Å²) >= 11 is 0. The second-order valence-corrected chi connectivity index (χ2v) is 6.35. The molecule has 3 unspecified atom stereocenters. The minimum absolute atomic E-state index is 0.0622. The Labute approximate surface area is 125 Å². The van der Waals surface area contributed by atoms with Gasteiger partial charge in [-0.1, -0.05) is 12.8 Å². The van der Waals surface area contributed by atoms with Crippen LogP contribution in [0.4, 0.5) is 0 Å². The smallest absolute Gasteiger partial charge is 0.224 e. The van der Waals surface area contributed by atoms with E-state index in [2.05, 4.69) is 20.1 Å². The molecule has 6 nitrogen and oxygen atoms in total. The predicted molar refractivity (Wildman–Crippen MR) is 79.4 cm³/mol. The zero-order valence-electron chi connectivity index (χ0n) is 12.7. The van der Waals surface area contributed by atoms with Crippen LogP contribution in [-0.2, 0) is 17.8 Å². The molecule has 1 saturated carbocycles. The molecule has 1 aromatic heterocycles. The summed E-state index contributed by atoms with van der Waals surface area (Å²) in [7, 11) is 0. The first-order chi connectivity index (χ1) is 10.2. The van der Waals surface area contributed by atoms with Crippen LogP contribution in [0.25, 0.3) is 0 Å². The number of aryl methyl sites for hydroxylation is 1. The van der Waals surface area contributed by atoms with Gasteiger partial charge in [0.2, 0.25) is 5.91 Å². The van der Waals surface area contributed by atoms with Gasteiger partial charge in [-0.15, -0.1) is 10.2 Å². The standard InChI is InChI=1S/C15H25N5O/c1-10(14-19-18-13-7-4-8-20(13)14)17-15(21)12-6-3-2-5-11(12)9-16/h10-12H,2-9,16H2,1H3,(H,17,21). The number of rotatable bonds is 4. The summed E-state index contributed by atoms with van der Waals surface area (Å²) in [5.41, 5.74) is 5.82. The molecule has 0 aromatic carbocycles. The molecule has 0 radical (unpaired) electrons. The quantitative estimate of drug-likeness (QED) is 0.872. The first-order valence-corrected chi connectivity index (χ1v) is 8.13. The second kappa shape index (κ2) is 6.13. The highest BCUT2D eigenvalue weighted by Gasteiger charge is 2.31. The van der Waals surface area contributed by atoms with Crippen molar-refractivity contribution in [1.82, 2.24) is 20.1 Å². The summed E-state index contributed by atoms with van der Waals surface area (Å²) in [5.74, 6) is 2.45. The minimum Gasteiger partial charge on any atom is -0.346 e. The van der Waals surface area contributed by atoms with Crippen LogP contribution >= 0.6 is 0 Å². The number of carbonyl (C=O) groups is 1. The molecule has 0 spiro atoms. The Bertz CT molecular complexity index is 512. The van der Waals surface area contributed by atoms with Crippen molar-refractivity contribution in [2.45, 2.75) is 58.0 Å². The number of fused-ring (bicyclic) bond motifs is 1. The Morgan fingerprint density at radius 3 is 3.00 bits per heavy atom. The molecule has 1 aliphatic carbocycles. The van der Waals surface area contributed by atoms with Crippen LogP contribution in [0.3, 0.4) is 0 Å². The molecule has 3 N–H and O–H groups in total. The lowest BCUT2D eigenvalue weighted by Crippen LogP contribution is -2.40. The SMILES string of the molecule is CC(NC(=O)C1CCCCC1CN)c1nnc2n1CCC2. The van der Waals surface area contributed by atoms with Crippen LogP contribution in [0, 0.1) is 11.8 Å². The summed E-state index contributed by atoms with van der Waals surface area (Å²) in [6, 6.07) is -0.0859. The largest absolute Gasteiger partial charge is 0.346 e. The number of hydrogen-bond acceptors (Lipinski definition) is 4. The molecule has 2 aliphatic rings. The fourth-order valence-corrected chi connectivity index (χ4v) is 3.71. The first kappa shape index (κ1) is 14.5. The molecule has 0 saturated heterocycles. The molecule has 116 valence electrons. The number of nitrogens with two attached hydrogens (primary N) is 1. The maximum absolute atomic E-state index is 12.5. The van der Waals surface area contributed by atoms with Crippen molar-refractivity contribution in [1.29, 1.82) is 0 Å². The van der Waals surface area contributed by atoms with Gasteiger partial charge in [0.05, 0.1) is 6.04 Å². The average Bonchev–Trinajstić information content (AvgIpc) is 3.09. The summed E-state index contributed by atoms with van der Waals surface area (Å²) < 4.78 is 2.15. The summed E-state index contributed by atoms with van der Waals surface area (Å²) in [6.45, 7) is 3.56. The van der Waals surface area contributed by atoms with Gasteiger partial charge in [0.15, 0.2) is 5.82 Å². The number of nitrogens with zero attached hydrogens (tertiary/aromatic N) is 3. The lowest BCUT2D eigenvalue weighted by molar-refractivity contribution is -0.128. The number of carbonyl (C=O) groups excluding carboxylic acids is 1. The van der Waals surface area contributed by atoms with Crippen LogP contribution in [-0.4, -0.2) is 27.2 Å². The predicted octanol–water partition coefficient (Wildman–Crippen LogP) is 1.17. The average molecular weight is 291 g/mol. The highest BCUT2D eigenvalue weighted by molar-refractivity contribution is 5.79. The number of amides is 1. The van der Waals surface area contributed by atoms with Gasteiger partial charge < -0.3 is 15.6 Å². The minimum atomic E-state index is -0.0859. The molecular formula is C15H25N5O. The molecule has 1 amide bonds. The number of hydrogen-bond donors (Lipinski definition) is 2. The van der Waals surface area contributed by atoms with Crippen molar-refractivity contribution < 1.29 is 4.79 Å². The van der Waals surface area contributed by atoms with Gasteiger partial charge >= 0.3 is 0 Å². The lowest BCUT2D eigenvalue weighted by atomic mass is 9.78. The van der Waals surface area contributed by atoms with Crippen molar-refractivity contribution in [3.8, 4) is 0 Å². The topological polar surface area (TPSA) is 85.8 Å². The molecule has 21 heavy (non-hydrogen) atoms. The Kier molecular flexibility index (Phi) is 4.24. The van der Waals surface area contributed by atoms with Crippen molar-refractivity contribution in [2.75, 3.05) is 6.54 Å². The van der Waals surface area contributed by atoms with E-state index in [1.54, 1.807) is 0 Å². The second-order valence-electron chi connectivity index (χ2n) is 6.35. The molecule has 6 heteroatoms. The summed E-state index contributed by atoms with van der Waals surface area (Å²) in [5, 5.41) is 11.6. The molecule has 3 atom stereocenters. The van der Waals surface area contributed by atoms with E-state index in [-0.39, 0.29) is 17.9 Å². The fraction of sp³-hybridized carbons (Fsp3) is 0.800. The summed E-state index contributed by atoms with van der Waals surface area (Å²) in [4.78, 5) is 12.5. The van der Waals surface area contributed by atoms with E-state index in [9.17, 15) is 4.79 Å². The molecule has 0 bridgehead atoms. The zero-order chi connectivity index (χ0) is 14.8. The normalized spacial score (nSPS) is 26.4. The fourth-order valence-electron chi connectivity index (χ4n) is 3.71. The highest BCUT2D eigenvalue weighted by Crippen LogP contribution is 2.30. The number of aromatic nitrogens is 3. The van der Waals surface area contributed by atoms with Crippen LogP contribution in [0.5, 0.6) is 0 Å². The molecule has 1 fully saturated rings. The molecule has 1 aromatic rings. The maximum Gasteiger partial charge on any atom is 0.224 e. The Morgan fingerprint density at radius 2 is 2.19 bits per heavy atom. The van der Waals surface area contributed by atoms with Crippen LogP contribution in [0.2, 0.25) is 0 Å². The van der Waals surface area contributed by atoms with Gasteiger partial charge in [-0.05, 0) is 38.6 Å². The van der Waals surface area contributed by atoms with Gasteiger partial charge in [-0.3, -0.25) is 4.79 Å². The van der Waals surface area contributed by atoms with E-state index in [4.69, 9.17) is 5.73 Å². The molecule has 2 heterocycles. The van der Waals surface area contributed by atoms with Gasteiger partial charge in [-0.2, -0.15) is 0 Å². The molecule has 1 aliphatic heterocycles. The van der Waals surface area contributed by atoms with E-state index in [0.717, 1.165) is 50.3 Å². The lowest BCUT2D eigenvalue weighted by Gasteiger charge is -2.30. The van der Waals surface area contributed by atoms with Gasteiger partial charge in [0.1, 0.15) is 5.82 Å². The Morgan fingerprint density at radius 1 is 1.38 bits per heavy atom. The maximum atomic E-state index is 12.5. The van der Waals surface area contributed by atoms with Crippen LogP contribution in [0.1, 0.15) is 56.7 Å². The van der Waals surface area contributed by atoms with Crippen LogP contribution < -0.4 is 11.1 Å². The van der Waals surface area contributed by atoms with Gasteiger partial charge in [0, 0.05) is 18.9 Å². The highest BCUT2D eigenvalue weighted by atomic mass is 16.2. The Hall–Kier alpha value is -1.43. The van der Waals surface area contributed by atoms with Crippen molar-refractivity contribution in [2.24, 2.45) is 17.6 Å². The van der Waals surface area contributed by atoms with Gasteiger partial charge in [0.25, 0.3) is 0 Å². The zero-order valence-corrected chi connectivity index (χ0v) is 12.7. The third kappa shape index (κ3) is 2.81. The first-order valence-electron chi connectivity index (χ1n) is 8.13. The van der Waals surface area contributed by atoms with Gasteiger partial charge in [-0.25, -0.2) is 0 Å². The Balaban J connectivity index is 1.66. The van der Waals surface area contributed by atoms with Crippen LogP contribution in [0.15, 0.2) is 0 Å². The molecule has 3 rings (SSSR count). The van der Waals surface area contributed by atoms with E-state index in [1.165, 1.54) is 6.42 Å². The van der Waals surface area contributed by atoms with E-state index < -0.39 is 0 Å². The monoisotopic (exact) mass is 291 g/mol. The summed E-state index contributed by atoms with van der Waals surface area (Å²) in [6.07, 6.45) is 6.46. The molecular weight excluding hydrogens is 266 g/mol. The van der Waals surface area contributed by atoms with E-state index in [0.29, 0.717) is 12.5 Å². The third-order valence-electron chi connectivity index (χ3n) is 4.93. The van der Waals surface area contributed by atoms with E-state index in [1.807, 2.05) is 6.92 Å². The third-order valence-corrected chi connectivity index (χ3v) is 4.93. The van der Waals surface area contributed by atoms with Crippen molar-refractivity contribution >= 4 is 5.91 Å². The number of nitrogens with one attached hydrogen (secondary N) is 1. The van der Waals surface area contributed by atoms with Crippen molar-refractivity contribution in [3.63, 3.8) is 0 Å². The van der Waals surface area contributed by atoms with Crippen molar-refractivity contribution in [3.05, 3.63) is 11.6 Å².